The number of carbonyl (C=O) groups excluding carboxylic acids is 2. The molecule has 2 aromatic rings. The lowest BCUT2D eigenvalue weighted by atomic mass is 10.1. The monoisotopic (exact) mass is 383 g/mol. The molecule has 1 atom stereocenters. The van der Waals surface area contributed by atoms with Crippen molar-refractivity contribution in [2.75, 3.05) is 16.8 Å². The van der Waals surface area contributed by atoms with Crippen molar-refractivity contribution in [3.8, 4) is 0 Å². The summed E-state index contributed by atoms with van der Waals surface area (Å²) >= 11 is 0.704. The molecule has 9 heteroatoms. The molecule has 5 nitrogen and oxygen atoms in total. The maximum atomic E-state index is 12.6. The summed E-state index contributed by atoms with van der Waals surface area (Å²) in [5.41, 5.74) is 0.799. The van der Waals surface area contributed by atoms with Crippen LogP contribution >= 0.6 is 11.3 Å². The third-order valence-corrected chi connectivity index (χ3v) is 4.93. The highest BCUT2D eigenvalue weighted by molar-refractivity contribution is 7.13. The normalized spacial score (nSPS) is 17.6. The van der Waals surface area contributed by atoms with E-state index in [1.807, 2.05) is 31.2 Å². The number of nitrogens with zero attached hydrogens (tertiary/aromatic N) is 2. The second-order valence-corrected chi connectivity index (χ2v) is 6.81. The van der Waals surface area contributed by atoms with Gasteiger partial charge in [-0.1, -0.05) is 19.1 Å². The zero-order valence-electron chi connectivity index (χ0n) is 13.8. The molecule has 0 spiro atoms. The van der Waals surface area contributed by atoms with E-state index in [-0.39, 0.29) is 24.0 Å². The highest BCUT2D eigenvalue weighted by Crippen LogP contribution is 2.32. The number of carbonyl (C=O) groups is 2. The van der Waals surface area contributed by atoms with Crippen LogP contribution in [0.15, 0.2) is 29.6 Å². The Morgan fingerprint density at radius 2 is 2.04 bits per heavy atom. The summed E-state index contributed by atoms with van der Waals surface area (Å²) < 4.78 is 37.7. The van der Waals surface area contributed by atoms with Gasteiger partial charge in [0.25, 0.3) is 0 Å². The Balaban J connectivity index is 1.65. The van der Waals surface area contributed by atoms with Crippen LogP contribution in [0.1, 0.15) is 24.6 Å². The van der Waals surface area contributed by atoms with E-state index in [2.05, 4.69) is 10.3 Å². The number of aryl methyl sites for hydroxylation is 1. The van der Waals surface area contributed by atoms with Crippen molar-refractivity contribution in [2.24, 2.45) is 5.92 Å². The Morgan fingerprint density at radius 3 is 2.62 bits per heavy atom. The van der Waals surface area contributed by atoms with Gasteiger partial charge in [-0.05, 0) is 24.1 Å². The number of nitrogens with one attached hydrogen (secondary N) is 1. The summed E-state index contributed by atoms with van der Waals surface area (Å²) in [6.07, 6.45) is -3.66. The van der Waals surface area contributed by atoms with Crippen LogP contribution in [-0.2, 0) is 22.2 Å². The Morgan fingerprint density at radius 1 is 1.35 bits per heavy atom. The van der Waals surface area contributed by atoms with Crippen molar-refractivity contribution in [3.05, 3.63) is 40.9 Å². The molecule has 2 amide bonds. The predicted octanol–water partition coefficient (Wildman–Crippen LogP) is 3.72. The van der Waals surface area contributed by atoms with E-state index in [9.17, 15) is 22.8 Å². The Kier molecular flexibility index (Phi) is 4.99. The molecule has 1 aliphatic heterocycles. The topological polar surface area (TPSA) is 62.3 Å². The minimum absolute atomic E-state index is 0.0128. The number of hydrogen-bond donors (Lipinski definition) is 1. The van der Waals surface area contributed by atoms with Crippen LogP contribution in [0.3, 0.4) is 0 Å². The molecule has 138 valence electrons. The van der Waals surface area contributed by atoms with Gasteiger partial charge in [-0.2, -0.15) is 13.2 Å². The van der Waals surface area contributed by atoms with Gasteiger partial charge in [0, 0.05) is 24.0 Å². The maximum Gasteiger partial charge on any atom is 0.434 e. The average Bonchev–Trinajstić information content (AvgIpc) is 3.21. The first-order valence-corrected chi connectivity index (χ1v) is 8.88. The van der Waals surface area contributed by atoms with E-state index in [1.54, 1.807) is 0 Å². The molecule has 2 heterocycles. The molecule has 0 aliphatic carbocycles. The molecular formula is C17H16F3N3O2S. The van der Waals surface area contributed by atoms with Gasteiger partial charge in [-0.15, -0.1) is 11.3 Å². The molecule has 1 saturated heterocycles. The van der Waals surface area contributed by atoms with E-state index in [1.165, 1.54) is 4.90 Å². The van der Waals surface area contributed by atoms with Crippen molar-refractivity contribution < 1.29 is 22.8 Å². The number of halogens is 3. The van der Waals surface area contributed by atoms with Gasteiger partial charge in [0.15, 0.2) is 10.8 Å². The lowest BCUT2D eigenvalue weighted by Gasteiger charge is -2.17. The zero-order valence-corrected chi connectivity index (χ0v) is 14.7. The Bertz CT molecular complexity index is 817. The summed E-state index contributed by atoms with van der Waals surface area (Å²) in [6, 6.07) is 7.50. The fourth-order valence-electron chi connectivity index (χ4n) is 2.71. The van der Waals surface area contributed by atoms with Crippen LogP contribution in [0, 0.1) is 5.92 Å². The molecule has 26 heavy (non-hydrogen) atoms. The first-order valence-electron chi connectivity index (χ1n) is 8.01. The highest BCUT2D eigenvalue weighted by Gasteiger charge is 2.37. The van der Waals surface area contributed by atoms with Crippen molar-refractivity contribution in [1.29, 1.82) is 0 Å². The number of aromatic nitrogens is 1. The highest BCUT2D eigenvalue weighted by atomic mass is 32.1. The Labute approximate surface area is 151 Å². The second kappa shape index (κ2) is 7.06. The molecule has 0 bridgehead atoms. The molecule has 1 N–H and O–H groups in total. The fraction of sp³-hybridized carbons (Fsp3) is 0.353. The molecule has 1 fully saturated rings. The molecule has 1 aliphatic rings. The first-order chi connectivity index (χ1) is 12.3. The first kappa shape index (κ1) is 18.4. The number of benzene rings is 1. The van der Waals surface area contributed by atoms with E-state index in [4.69, 9.17) is 0 Å². The molecule has 1 aromatic carbocycles. The number of rotatable bonds is 4. The molecule has 0 radical (unpaired) electrons. The van der Waals surface area contributed by atoms with Crippen molar-refractivity contribution in [3.63, 3.8) is 0 Å². The summed E-state index contributed by atoms with van der Waals surface area (Å²) in [5.74, 6) is -1.33. The van der Waals surface area contributed by atoms with Crippen LogP contribution in [-0.4, -0.2) is 23.3 Å². The van der Waals surface area contributed by atoms with E-state index < -0.39 is 23.7 Å². The third kappa shape index (κ3) is 3.87. The lowest BCUT2D eigenvalue weighted by molar-refractivity contribution is -0.140. The van der Waals surface area contributed by atoms with E-state index in [0.29, 0.717) is 17.0 Å². The second-order valence-electron chi connectivity index (χ2n) is 5.95. The van der Waals surface area contributed by atoms with Crippen LogP contribution < -0.4 is 10.2 Å². The summed E-state index contributed by atoms with van der Waals surface area (Å²) in [5, 5.41) is 3.10. The number of amides is 2. The lowest BCUT2D eigenvalue weighted by Crippen LogP contribution is -2.28. The number of hydrogen-bond acceptors (Lipinski definition) is 4. The predicted molar refractivity (Wildman–Crippen MR) is 92.0 cm³/mol. The van der Waals surface area contributed by atoms with Crippen molar-refractivity contribution in [2.45, 2.75) is 25.9 Å². The van der Waals surface area contributed by atoms with Crippen molar-refractivity contribution in [1.82, 2.24) is 4.98 Å². The number of thiazole rings is 1. The molecular weight excluding hydrogens is 367 g/mol. The van der Waals surface area contributed by atoms with Gasteiger partial charge in [0.2, 0.25) is 11.8 Å². The molecule has 3 rings (SSSR count). The van der Waals surface area contributed by atoms with Crippen LogP contribution in [0.5, 0.6) is 0 Å². The van der Waals surface area contributed by atoms with E-state index in [0.717, 1.165) is 17.4 Å². The minimum atomic E-state index is -4.55. The number of alkyl halides is 3. The molecule has 1 unspecified atom stereocenters. The smallest absolute Gasteiger partial charge is 0.312 e. The van der Waals surface area contributed by atoms with Gasteiger partial charge in [-0.25, -0.2) is 4.98 Å². The van der Waals surface area contributed by atoms with Gasteiger partial charge in [-0.3, -0.25) is 9.59 Å². The quantitative estimate of drug-likeness (QED) is 0.875. The maximum absolute atomic E-state index is 12.6. The zero-order chi connectivity index (χ0) is 18.9. The number of anilines is 2. The molecule has 1 aromatic heterocycles. The van der Waals surface area contributed by atoms with Gasteiger partial charge in [0.1, 0.15) is 0 Å². The Hall–Kier alpha value is -2.42. The summed E-state index contributed by atoms with van der Waals surface area (Å²) in [4.78, 5) is 29.4. The van der Waals surface area contributed by atoms with Gasteiger partial charge >= 0.3 is 6.18 Å². The third-order valence-electron chi connectivity index (χ3n) is 4.18. The SMILES string of the molecule is CCc1ccc(N2CC(C(=O)Nc3nc(C(F)(F)F)cs3)CC2=O)cc1. The fourth-order valence-corrected chi connectivity index (χ4v) is 3.43. The van der Waals surface area contributed by atoms with Crippen LogP contribution in [0.2, 0.25) is 0 Å². The largest absolute Gasteiger partial charge is 0.434 e. The molecule has 0 saturated carbocycles. The van der Waals surface area contributed by atoms with Crippen molar-refractivity contribution >= 4 is 34.0 Å². The standard InChI is InChI=1S/C17H16F3N3O2S/c1-2-10-3-5-12(6-4-10)23-8-11(7-14(23)24)15(25)22-16-21-13(9-26-16)17(18,19)20/h3-6,9,11H,2,7-8H2,1H3,(H,21,22,25). The van der Waals surface area contributed by atoms with E-state index >= 15 is 0 Å². The summed E-state index contributed by atoms with van der Waals surface area (Å²) in [6.45, 7) is 2.22. The minimum Gasteiger partial charge on any atom is -0.312 e. The van der Waals surface area contributed by atoms with Gasteiger partial charge < -0.3 is 10.2 Å². The average molecular weight is 383 g/mol. The van der Waals surface area contributed by atoms with Crippen LogP contribution in [0.4, 0.5) is 24.0 Å². The van der Waals surface area contributed by atoms with Gasteiger partial charge in [0.05, 0.1) is 5.92 Å². The van der Waals surface area contributed by atoms with Crippen LogP contribution in [0.25, 0.3) is 0 Å². The summed E-state index contributed by atoms with van der Waals surface area (Å²) in [7, 11) is 0.